The van der Waals surface area contributed by atoms with Gasteiger partial charge in [0.05, 0.1) is 25.8 Å². The third kappa shape index (κ3) is 11.5. The molecule has 0 amide bonds. The zero-order valence-electron chi connectivity index (χ0n) is 18.1. The van der Waals surface area contributed by atoms with E-state index in [1.165, 1.54) is 38.5 Å². The Kier molecular flexibility index (Phi) is 16.4. The van der Waals surface area contributed by atoms with Gasteiger partial charge in [0.15, 0.2) is 38.1 Å². The van der Waals surface area contributed by atoms with Crippen LogP contribution in [0.25, 0.3) is 0 Å². The van der Waals surface area contributed by atoms with Crippen LogP contribution in [-0.2, 0) is 10.4 Å². The summed E-state index contributed by atoms with van der Waals surface area (Å²) in [7, 11) is -8.86. The third-order valence-electron chi connectivity index (χ3n) is 6.39. The minimum absolute atomic E-state index is 0.00463. The van der Waals surface area contributed by atoms with Crippen LogP contribution in [0.4, 0.5) is 0 Å². The van der Waals surface area contributed by atoms with E-state index in [1.54, 1.807) is 0 Å². The van der Waals surface area contributed by atoms with Crippen LogP contribution in [0.15, 0.2) is 0 Å². The average Bonchev–Trinajstić information content (AvgIpc) is 2.78. The third-order valence-corrected chi connectivity index (χ3v) is 13.9. The van der Waals surface area contributed by atoms with Crippen molar-refractivity contribution >= 4 is 24.9 Å². The van der Waals surface area contributed by atoms with Crippen molar-refractivity contribution in [1.82, 2.24) is 0 Å². The molecule has 31 heavy (non-hydrogen) atoms. The maximum Gasteiger partial charge on any atom is 0.159 e. The molecule has 0 radical (unpaired) electrons. The van der Waals surface area contributed by atoms with E-state index < -0.39 is 24.9 Å². The van der Waals surface area contributed by atoms with E-state index in [2.05, 4.69) is 0 Å². The smallest absolute Gasteiger partial charge is 0.159 e. The fraction of sp³-hybridized carbons (Fsp3) is 1.00. The van der Waals surface area contributed by atoms with Crippen molar-refractivity contribution in [2.75, 3.05) is 38.1 Å². The molecule has 6 N–H and O–H groups in total. The molecule has 0 unspecified atom stereocenters. The van der Waals surface area contributed by atoms with Gasteiger partial charge in [-0.1, -0.05) is 12.8 Å². The molecule has 0 saturated heterocycles. The molecule has 10 nitrogen and oxygen atoms in total. The van der Waals surface area contributed by atoms with Crippen molar-refractivity contribution in [2.24, 2.45) is 0 Å². The van der Waals surface area contributed by atoms with E-state index in [0.29, 0.717) is 11.3 Å². The second kappa shape index (κ2) is 16.2. The summed E-state index contributed by atoms with van der Waals surface area (Å²) >= 11 is 0. The molecule has 0 aromatic heterocycles. The molecule has 13 heteroatoms. The molecule has 2 aliphatic carbocycles. The number of hydrogen-bond donors (Lipinski definition) is 6. The fourth-order valence-corrected chi connectivity index (χ4v) is 9.06. The Morgan fingerprint density at radius 1 is 0.548 bits per heavy atom. The van der Waals surface area contributed by atoms with E-state index >= 15 is 0 Å². The van der Waals surface area contributed by atoms with Crippen molar-refractivity contribution in [3.05, 3.63) is 0 Å². The normalized spacial score (nSPS) is 19.1. The Morgan fingerprint density at radius 2 is 0.742 bits per heavy atom. The van der Waals surface area contributed by atoms with Crippen LogP contribution in [0.2, 0.25) is 0 Å². The van der Waals surface area contributed by atoms with Crippen LogP contribution in [0, 0.1) is 0 Å². The van der Waals surface area contributed by atoms with Gasteiger partial charge in [0.2, 0.25) is 0 Å². The Morgan fingerprint density at radius 3 is 0.903 bits per heavy atom. The molecule has 0 aromatic carbocycles. The highest BCUT2D eigenvalue weighted by Crippen LogP contribution is 2.64. The van der Waals surface area contributed by atoms with Crippen LogP contribution in [0.5, 0.6) is 0 Å². The van der Waals surface area contributed by atoms with Crippen molar-refractivity contribution in [2.45, 2.75) is 75.5 Å². The van der Waals surface area contributed by atoms with Gasteiger partial charge in [0, 0.05) is 10.4 Å². The predicted molar refractivity (Wildman–Crippen MR) is 121 cm³/mol. The van der Waals surface area contributed by atoms with Gasteiger partial charge in [0.25, 0.3) is 0 Å². The lowest BCUT2D eigenvalue weighted by molar-refractivity contribution is 0.303. The summed E-state index contributed by atoms with van der Waals surface area (Å²) < 4.78 is 34.1. The first-order chi connectivity index (χ1) is 14.6. The van der Waals surface area contributed by atoms with Crippen molar-refractivity contribution < 1.29 is 48.2 Å². The molecule has 2 aliphatic rings. The van der Waals surface area contributed by atoms with Gasteiger partial charge >= 0.3 is 0 Å². The maximum atomic E-state index is 9.26. The molecular formula is C18H40O10P2S. The highest BCUT2D eigenvalue weighted by atomic mass is 32.3. The largest absolute Gasteiger partial charge is 0.759 e. The van der Waals surface area contributed by atoms with Gasteiger partial charge in [-0.25, -0.2) is 0 Å². The number of hydrogen-bond acceptors (Lipinski definition) is 10. The molecular weight excluding hydrogens is 470 g/mol. The highest BCUT2D eigenvalue weighted by Gasteiger charge is 2.45. The Bertz CT molecular complexity index is 485. The van der Waals surface area contributed by atoms with Crippen LogP contribution in [-0.4, -0.2) is 97.6 Å². The molecule has 0 atom stereocenters. The van der Waals surface area contributed by atoms with E-state index in [4.69, 9.17) is 17.5 Å². The number of rotatable bonds is 8. The molecule has 2 fully saturated rings. The van der Waals surface area contributed by atoms with Crippen molar-refractivity contribution in [3.8, 4) is 0 Å². The Balaban J connectivity index is 0.000000479. The molecule has 2 saturated carbocycles. The maximum absolute atomic E-state index is 9.26. The second-order valence-corrected chi connectivity index (χ2v) is 17.1. The van der Waals surface area contributed by atoms with Crippen LogP contribution in [0.3, 0.4) is 0 Å². The summed E-state index contributed by atoms with van der Waals surface area (Å²) in [5, 5.41) is 55.5. The SMILES string of the molecule is O=S(=O)([O-])[O-].OC[P+](CO)(CO)C1CCCCC1.OC[P+](CO)(CO)C1CCCCC1. The van der Waals surface area contributed by atoms with Crippen LogP contribution < -0.4 is 0 Å². The summed E-state index contributed by atoms with van der Waals surface area (Å²) in [6.07, 6.45) is 11.6. The van der Waals surface area contributed by atoms with E-state index in [1.807, 2.05) is 0 Å². The van der Waals surface area contributed by atoms with E-state index in [-0.39, 0.29) is 38.1 Å². The lowest BCUT2D eigenvalue weighted by Crippen LogP contribution is -2.24. The molecule has 0 bridgehead atoms. The summed E-state index contributed by atoms with van der Waals surface area (Å²) in [6.45, 7) is 0. The Labute approximate surface area is 187 Å². The van der Waals surface area contributed by atoms with Gasteiger partial charge < -0.3 is 39.7 Å². The van der Waals surface area contributed by atoms with Gasteiger partial charge in [0.1, 0.15) is 0 Å². The van der Waals surface area contributed by atoms with Gasteiger partial charge in [-0.15, -0.1) is 0 Å². The molecule has 188 valence electrons. The van der Waals surface area contributed by atoms with Gasteiger partial charge in [-0.05, 0) is 51.4 Å². The lowest BCUT2D eigenvalue weighted by atomic mass is 10.0. The number of aliphatic hydroxyl groups is 6. The average molecular weight is 511 g/mol. The summed E-state index contributed by atoms with van der Waals surface area (Å²) in [6, 6.07) is 0. The first-order valence-corrected chi connectivity index (χ1v) is 16.8. The van der Waals surface area contributed by atoms with Gasteiger partial charge in [-0.3, -0.25) is 8.42 Å². The summed E-state index contributed by atoms with van der Waals surface area (Å²) in [4.78, 5) is 0. The molecule has 0 aliphatic heterocycles. The predicted octanol–water partition coefficient (Wildman–Crippen LogP) is 1.03. The monoisotopic (exact) mass is 510 g/mol. The molecule has 0 heterocycles. The Hall–Kier alpha value is 0.490. The minimum Gasteiger partial charge on any atom is -0.759 e. The minimum atomic E-state index is -5.17. The van der Waals surface area contributed by atoms with Crippen LogP contribution in [0.1, 0.15) is 64.2 Å². The summed E-state index contributed by atoms with van der Waals surface area (Å²) in [5.74, 6) is 0. The van der Waals surface area contributed by atoms with E-state index in [0.717, 1.165) is 25.7 Å². The molecule has 0 aromatic rings. The summed E-state index contributed by atoms with van der Waals surface area (Å²) in [5.41, 5.74) is 0.808. The van der Waals surface area contributed by atoms with Crippen molar-refractivity contribution in [1.29, 1.82) is 0 Å². The van der Waals surface area contributed by atoms with E-state index in [9.17, 15) is 30.6 Å². The standard InChI is InChI=1S/2C9H20O3P.H2O4S/c2*10-6-13(7-11,8-12)9-4-2-1-3-5-9;1-5(2,3)4/h2*9-12H,1-8H2;(H2,1,2,3,4)/q2*+1;/p-2. The van der Waals surface area contributed by atoms with Crippen molar-refractivity contribution in [3.63, 3.8) is 0 Å². The van der Waals surface area contributed by atoms with Gasteiger partial charge in [-0.2, -0.15) is 0 Å². The zero-order chi connectivity index (χ0) is 24.0. The first kappa shape index (κ1) is 31.5. The zero-order valence-corrected chi connectivity index (χ0v) is 20.7. The first-order valence-electron chi connectivity index (χ1n) is 10.6. The fourth-order valence-electron chi connectivity index (χ4n) is 4.22. The second-order valence-electron chi connectivity index (χ2n) is 8.28. The molecule has 2 rings (SSSR count). The number of aliphatic hydroxyl groups excluding tert-OH is 6. The molecule has 0 spiro atoms. The lowest BCUT2D eigenvalue weighted by Gasteiger charge is -2.32. The van der Waals surface area contributed by atoms with Crippen LogP contribution >= 0.6 is 14.5 Å². The highest BCUT2D eigenvalue weighted by molar-refractivity contribution is 7.79. The topological polar surface area (TPSA) is 202 Å². The quantitative estimate of drug-likeness (QED) is 0.156.